The summed E-state index contributed by atoms with van der Waals surface area (Å²) >= 11 is 9.60. The van der Waals surface area contributed by atoms with Gasteiger partial charge in [0.05, 0.1) is 10.6 Å². The van der Waals surface area contributed by atoms with E-state index in [0.29, 0.717) is 16.3 Å². The molecule has 1 atom stereocenters. The number of halogens is 2. The summed E-state index contributed by atoms with van der Waals surface area (Å²) in [5, 5.41) is 13.2. The van der Waals surface area contributed by atoms with Gasteiger partial charge >= 0.3 is 0 Å². The standard InChI is InChI=1S/C12H15ClINO2S/c1-12(17,7-18-2)6-15-11(16)8-3-4-10(14)9(13)5-8/h3-5,17H,6-7H2,1-2H3,(H,15,16). The van der Waals surface area contributed by atoms with E-state index in [9.17, 15) is 9.90 Å². The quantitative estimate of drug-likeness (QED) is 0.749. The second-order valence-corrected chi connectivity index (χ2v) is 6.68. The van der Waals surface area contributed by atoms with Gasteiger partial charge in [-0.1, -0.05) is 11.6 Å². The van der Waals surface area contributed by atoms with E-state index in [4.69, 9.17) is 11.6 Å². The Hall–Kier alpha value is 0.0200. The average Bonchev–Trinajstić information content (AvgIpc) is 2.30. The lowest BCUT2D eigenvalue weighted by atomic mass is 10.1. The Morgan fingerprint density at radius 3 is 2.83 bits per heavy atom. The van der Waals surface area contributed by atoms with Gasteiger partial charge in [0.1, 0.15) is 0 Å². The second kappa shape index (κ2) is 6.98. The van der Waals surface area contributed by atoms with Crippen LogP contribution >= 0.6 is 46.0 Å². The minimum atomic E-state index is -0.901. The van der Waals surface area contributed by atoms with E-state index in [1.165, 1.54) is 11.8 Å². The number of rotatable bonds is 5. The molecule has 6 heteroatoms. The monoisotopic (exact) mass is 399 g/mol. The number of nitrogens with one attached hydrogen (secondary N) is 1. The van der Waals surface area contributed by atoms with Crippen molar-refractivity contribution in [2.24, 2.45) is 0 Å². The van der Waals surface area contributed by atoms with E-state index in [-0.39, 0.29) is 12.5 Å². The molecule has 1 aromatic carbocycles. The summed E-state index contributed by atoms with van der Waals surface area (Å²) in [6, 6.07) is 5.13. The van der Waals surface area contributed by atoms with Crippen molar-refractivity contribution in [3.8, 4) is 0 Å². The number of aliphatic hydroxyl groups is 1. The zero-order chi connectivity index (χ0) is 13.8. The lowest BCUT2D eigenvalue weighted by Gasteiger charge is -2.22. The Bertz CT molecular complexity index is 440. The van der Waals surface area contributed by atoms with Crippen LogP contribution in [0.2, 0.25) is 5.02 Å². The molecule has 0 aliphatic heterocycles. The minimum Gasteiger partial charge on any atom is -0.387 e. The van der Waals surface area contributed by atoms with Crippen LogP contribution in [0.1, 0.15) is 17.3 Å². The molecule has 0 bridgehead atoms. The van der Waals surface area contributed by atoms with Crippen LogP contribution in [0.25, 0.3) is 0 Å². The van der Waals surface area contributed by atoms with Crippen molar-refractivity contribution < 1.29 is 9.90 Å². The Morgan fingerprint density at radius 2 is 2.28 bits per heavy atom. The van der Waals surface area contributed by atoms with E-state index < -0.39 is 5.60 Å². The van der Waals surface area contributed by atoms with Crippen LogP contribution in [0, 0.1) is 3.57 Å². The predicted octanol–water partition coefficient (Wildman–Crippen LogP) is 2.79. The topological polar surface area (TPSA) is 49.3 Å². The van der Waals surface area contributed by atoms with Gasteiger partial charge in [0.15, 0.2) is 0 Å². The van der Waals surface area contributed by atoms with Crippen molar-refractivity contribution in [2.75, 3.05) is 18.6 Å². The molecule has 0 radical (unpaired) electrons. The number of thioether (sulfide) groups is 1. The number of carbonyl (C=O) groups excluding carboxylic acids is 1. The molecule has 2 N–H and O–H groups in total. The summed E-state index contributed by atoms with van der Waals surface area (Å²) in [4.78, 5) is 11.9. The van der Waals surface area contributed by atoms with Crippen LogP contribution in [0.15, 0.2) is 18.2 Å². The summed E-state index contributed by atoms with van der Waals surface area (Å²) in [5.74, 6) is 0.343. The highest BCUT2D eigenvalue weighted by Gasteiger charge is 2.20. The molecule has 1 aromatic rings. The molecule has 1 rings (SSSR count). The molecule has 3 nitrogen and oxygen atoms in total. The first-order chi connectivity index (χ1) is 8.35. The Labute approximate surface area is 130 Å². The molecule has 100 valence electrons. The smallest absolute Gasteiger partial charge is 0.251 e. The number of benzene rings is 1. The molecule has 0 heterocycles. The number of hydrogen-bond acceptors (Lipinski definition) is 3. The maximum atomic E-state index is 11.9. The second-order valence-electron chi connectivity index (χ2n) is 4.24. The fourth-order valence-electron chi connectivity index (χ4n) is 1.37. The first kappa shape index (κ1) is 16.1. The molecule has 0 saturated carbocycles. The SMILES string of the molecule is CSCC(C)(O)CNC(=O)c1ccc(I)c(Cl)c1. The van der Waals surface area contributed by atoms with Crippen molar-refractivity contribution in [2.45, 2.75) is 12.5 Å². The van der Waals surface area contributed by atoms with Crippen LogP contribution in [-0.4, -0.2) is 35.2 Å². The lowest BCUT2D eigenvalue weighted by Crippen LogP contribution is -2.42. The van der Waals surface area contributed by atoms with Crippen molar-refractivity contribution in [1.29, 1.82) is 0 Å². The number of amides is 1. The number of hydrogen-bond donors (Lipinski definition) is 2. The Balaban J connectivity index is 2.63. The fourth-order valence-corrected chi connectivity index (χ4v) is 2.61. The Morgan fingerprint density at radius 1 is 1.61 bits per heavy atom. The Kier molecular flexibility index (Phi) is 6.23. The number of carbonyl (C=O) groups is 1. The molecule has 1 amide bonds. The van der Waals surface area contributed by atoms with Crippen LogP contribution in [0.3, 0.4) is 0 Å². The van der Waals surface area contributed by atoms with Gasteiger partial charge in [0.25, 0.3) is 5.91 Å². The third-order valence-electron chi connectivity index (χ3n) is 2.27. The average molecular weight is 400 g/mol. The predicted molar refractivity (Wildman–Crippen MR) is 85.5 cm³/mol. The van der Waals surface area contributed by atoms with Gasteiger partial charge < -0.3 is 10.4 Å². The molecule has 0 spiro atoms. The normalized spacial score (nSPS) is 14.1. The summed E-state index contributed by atoms with van der Waals surface area (Å²) in [5.41, 5.74) is -0.400. The summed E-state index contributed by atoms with van der Waals surface area (Å²) in [6.07, 6.45) is 1.91. The van der Waals surface area contributed by atoms with Crippen molar-refractivity contribution in [1.82, 2.24) is 5.32 Å². The van der Waals surface area contributed by atoms with Crippen LogP contribution in [0.4, 0.5) is 0 Å². The molecule has 0 aliphatic carbocycles. The first-order valence-corrected chi connectivity index (χ1v) is 8.15. The van der Waals surface area contributed by atoms with E-state index in [0.717, 1.165) is 3.57 Å². The lowest BCUT2D eigenvalue weighted by molar-refractivity contribution is 0.0725. The summed E-state index contributed by atoms with van der Waals surface area (Å²) in [7, 11) is 0. The fraction of sp³-hybridized carbons (Fsp3) is 0.417. The third kappa shape index (κ3) is 4.95. The highest BCUT2D eigenvalue weighted by atomic mass is 127. The minimum absolute atomic E-state index is 0.219. The van der Waals surface area contributed by atoms with Crippen LogP contribution in [0.5, 0.6) is 0 Å². The summed E-state index contributed by atoms with van der Waals surface area (Å²) in [6.45, 7) is 1.92. The molecular formula is C12H15ClINO2S. The molecule has 1 unspecified atom stereocenters. The summed E-state index contributed by atoms with van der Waals surface area (Å²) < 4.78 is 0.903. The van der Waals surface area contributed by atoms with Gasteiger partial charge in [-0.15, -0.1) is 0 Å². The molecule has 0 aliphatic rings. The zero-order valence-electron chi connectivity index (χ0n) is 10.2. The van der Waals surface area contributed by atoms with Gasteiger partial charge in [-0.3, -0.25) is 4.79 Å². The van der Waals surface area contributed by atoms with Gasteiger partial charge in [-0.05, 0) is 54.0 Å². The van der Waals surface area contributed by atoms with E-state index >= 15 is 0 Å². The first-order valence-electron chi connectivity index (χ1n) is 5.30. The van der Waals surface area contributed by atoms with Gasteiger partial charge in [-0.25, -0.2) is 0 Å². The van der Waals surface area contributed by atoms with Crippen molar-refractivity contribution in [3.05, 3.63) is 32.4 Å². The third-order valence-corrected chi connectivity index (χ3v) is 4.75. The van der Waals surface area contributed by atoms with E-state index in [1.807, 2.05) is 6.26 Å². The molecule has 0 saturated heterocycles. The van der Waals surface area contributed by atoms with Crippen molar-refractivity contribution in [3.63, 3.8) is 0 Å². The maximum Gasteiger partial charge on any atom is 0.251 e. The highest BCUT2D eigenvalue weighted by Crippen LogP contribution is 2.19. The van der Waals surface area contributed by atoms with E-state index in [1.54, 1.807) is 25.1 Å². The molecular weight excluding hydrogens is 385 g/mol. The van der Waals surface area contributed by atoms with Crippen molar-refractivity contribution >= 4 is 51.9 Å². The van der Waals surface area contributed by atoms with Gasteiger partial charge in [0, 0.05) is 21.4 Å². The molecule has 18 heavy (non-hydrogen) atoms. The van der Waals surface area contributed by atoms with Crippen LogP contribution < -0.4 is 5.32 Å². The van der Waals surface area contributed by atoms with Gasteiger partial charge in [-0.2, -0.15) is 11.8 Å². The molecule has 0 fully saturated rings. The van der Waals surface area contributed by atoms with E-state index in [2.05, 4.69) is 27.9 Å². The zero-order valence-corrected chi connectivity index (χ0v) is 13.9. The maximum absolute atomic E-state index is 11.9. The largest absolute Gasteiger partial charge is 0.387 e. The van der Waals surface area contributed by atoms with Crippen LogP contribution in [-0.2, 0) is 0 Å². The van der Waals surface area contributed by atoms with Gasteiger partial charge in [0.2, 0.25) is 0 Å². The molecule has 0 aromatic heterocycles. The highest BCUT2D eigenvalue weighted by molar-refractivity contribution is 14.1.